The molecular weight excluding hydrogens is 276 g/mol. The first kappa shape index (κ1) is 14.8. The highest BCUT2D eigenvalue weighted by atomic mass is 16.2. The highest BCUT2D eigenvalue weighted by Crippen LogP contribution is 2.32. The summed E-state index contributed by atoms with van der Waals surface area (Å²) in [5.74, 6) is -0.502. The van der Waals surface area contributed by atoms with Gasteiger partial charge in [-0.05, 0) is 43.7 Å². The molecule has 0 fully saturated rings. The Balaban J connectivity index is 1.60. The Morgan fingerprint density at radius 2 is 2.14 bits per heavy atom. The standard InChI is InChI=1S/C18H22N2O2/c21-17-12-15(14-8-4-5-9-16(14)20-17)18(22)19-11-10-13-6-2-1-3-7-13/h4-6,8-9,15H,1-3,7,10-12H2,(H,19,22)(H,20,21). The number of hydrogen-bond acceptors (Lipinski definition) is 2. The van der Waals surface area contributed by atoms with Gasteiger partial charge in [-0.15, -0.1) is 0 Å². The molecule has 4 nitrogen and oxygen atoms in total. The molecular formula is C18H22N2O2. The average molecular weight is 298 g/mol. The van der Waals surface area contributed by atoms with Gasteiger partial charge in [0.15, 0.2) is 0 Å². The molecule has 116 valence electrons. The second-order valence-electron chi connectivity index (χ2n) is 6.04. The van der Waals surface area contributed by atoms with Crippen molar-refractivity contribution in [1.82, 2.24) is 5.32 Å². The van der Waals surface area contributed by atoms with Crippen molar-refractivity contribution in [1.29, 1.82) is 0 Å². The number of hydrogen-bond donors (Lipinski definition) is 2. The molecule has 1 unspecified atom stereocenters. The Hall–Kier alpha value is -2.10. The maximum Gasteiger partial charge on any atom is 0.228 e. The SMILES string of the molecule is O=C1CC(C(=O)NCCC2=CCCCC2)c2ccccc2N1. The van der Waals surface area contributed by atoms with Crippen molar-refractivity contribution in [3.05, 3.63) is 41.5 Å². The lowest BCUT2D eigenvalue weighted by atomic mass is 9.89. The minimum absolute atomic E-state index is 0.0429. The van der Waals surface area contributed by atoms with Crippen LogP contribution in [0, 0.1) is 0 Å². The molecule has 2 N–H and O–H groups in total. The number of rotatable bonds is 4. The minimum Gasteiger partial charge on any atom is -0.355 e. The van der Waals surface area contributed by atoms with Crippen molar-refractivity contribution < 1.29 is 9.59 Å². The van der Waals surface area contributed by atoms with Crippen LogP contribution in [-0.4, -0.2) is 18.4 Å². The van der Waals surface area contributed by atoms with E-state index in [0.717, 1.165) is 24.1 Å². The van der Waals surface area contributed by atoms with Gasteiger partial charge in [0, 0.05) is 18.7 Å². The van der Waals surface area contributed by atoms with Crippen LogP contribution in [-0.2, 0) is 9.59 Å². The third kappa shape index (κ3) is 3.38. The Morgan fingerprint density at radius 1 is 1.27 bits per heavy atom. The van der Waals surface area contributed by atoms with Gasteiger partial charge >= 0.3 is 0 Å². The quantitative estimate of drug-likeness (QED) is 0.839. The molecule has 1 aliphatic carbocycles. The van der Waals surface area contributed by atoms with Gasteiger partial charge in [-0.2, -0.15) is 0 Å². The van der Waals surface area contributed by atoms with Gasteiger partial charge in [-0.3, -0.25) is 9.59 Å². The lowest BCUT2D eigenvalue weighted by molar-refractivity contribution is -0.126. The van der Waals surface area contributed by atoms with E-state index in [1.54, 1.807) is 0 Å². The molecule has 1 atom stereocenters. The van der Waals surface area contributed by atoms with Gasteiger partial charge in [0.1, 0.15) is 0 Å². The zero-order valence-corrected chi connectivity index (χ0v) is 12.7. The van der Waals surface area contributed by atoms with Crippen LogP contribution >= 0.6 is 0 Å². The smallest absolute Gasteiger partial charge is 0.228 e. The molecule has 22 heavy (non-hydrogen) atoms. The third-order valence-electron chi connectivity index (χ3n) is 4.45. The summed E-state index contributed by atoms with van der Waals surface area (Å²) in [5, 5.41) is 5.83. The number of para-hydroxylation sites is 1. The van der Waals surface area contributed by atoms with Crippen LogP contribution in [0.2, 0.25) is 0 Å². The maximum absolute atomic E-state index is 12.4. The second-order valence-corrected chi connectivity index (χ2v) is 6.04. The number of fused-ring (bicyclic) bond motifs is 1. The van der Waals surface area contributed by atoms with Crippen LogP contribution in [0.1, 0.15) is 50.0 Å². The predicted molar refractivity (Wildman–Crippen MR) is 86.6 cm³/mol. The van der Waals surface area contributed by atoms with Gasteiger partial charge in [-0.1, -0.05) is 29.8 Å². The van der Waals surface area contributed by atoms with Crippen LogP contribution in [0.3, 0.4) is 0 Å². The van der Waals surface area contributed by atoms with Gasteiger partial charge in [-0.25, -0.2) is 0 Å². The molecule has 1 aromatic carbocycles. The highest BCUT2D eigenvalue weighted by Gasteiger charge is 2.30. The molecule has 2 amide bonds. The minimum atomic E-state index is -0.370. The summed E-state index contributed by atoms with van der Waals surface area (Å²) in [6, 6.07) is 7.54. The number of carbonyl (C=O) groups is 2. The van der Waals surface area contributed by atoms with E-state index in [-0.39, 0.29) is 24.2 Å². The fourth-order valence-corrected chi connectivity index (χ4v) is 3.25. The van der Waals surface area contributed by atoms with E-state index in [0.29, 0.717) is 6.54 Å². The number of anilines is 1. The summed E-state index contributed by atoms with van der Waals surface area (Å²) >= 11 is 0. The molecule has 1 heterocycles. The molecule has 0 spiro atoms. The van der Waals surface area contributed by atoms with Crippen molar-refractivity contribution in [3.63, 3.8) is 0 Å². The van der Waals surface area contributed by atoms with Crippen molar-refractivity contribution in [2.45, 2.75) is 44.4 Å². The van der Waals surface area contributed by atoms with Gasteiger partial charge < -0.3 is 10.6 Å². The van der Waals surface area contributed by atoms with Gasteiger partial charge in [0.2, 0.25) is 11.8 Å². The normalized spacial score (nSPS) is 20.6. The van der Waals surface area contributed by atoms with Crippen LogP contribution in [0.15, 0.2) is 35.9 Å². The number of benzene rings is 1. The summed E-state index contributed by atoms with van der Waals surface area (Å²) in [6.45, 7) is 0.658. The van der Waals surface area contributed by atoms with E-state index in [4.69, 9.17) is 0 Å². The van der Waals surface area contributed by atoms with Crippen molar-refractivity contribution in [3.8, 4) is 0 Å². The van der Waals surface area contributed by atoms with Crippen molar-refractivity contribution >= 4 is 17.5 Å². The lowest BCUT2D eigenvalue weighted by Gasteiger charge is -2.25. The summed E-state index contributed by atoms with van der Waals surface area (Å²) in [6.07, 6.45) is 8.32. The maximum atomic E-state index is 12.4. The lowest BCUT2D eigenvalue weighted by Crippen LogP contribution is -2.35. The first-order valence-electron chi connectivity index (χ1n) is 8.08. The molecule has 0 aromatic heterocycles. The van der Waals surface area contributed by atoms with E-state index in [9.17, 15) is 9.59 Å². The van der Waals surface area contributed by atoms with Crippen LogP contribution < -0.4 is 10.6 Å². The van der Waals surface area contributed by atoms with E-state index in [2.05, 4.69) is 16.7 Å². The second kappa shape index (κ2) is 6.77. The molecule has 4 heteroatoms. The molecule has 0 radical (unpaired) electrons. The molecule has 0 bridgehead atoms. The topological polar surface area (TPSA) is 58.2 Å². The fourth-order valence-electron chi connectivity index (χ4n) is 3.25. The highest BCUT2D eigenvalue weighted by molar-refractivity contribution is 6.01. The van der Waals surface area contributed by atoms with Crippen LogP contribution in [0.5, 0.6) is 0 Å². The van der Waals surface area contributed by atoms with Crippen LogP contribution in [0.4, 0.5) is 5.69 Å². The number of nitrogens with one attached hydrogen (secondary N) is 2. The molecule has 3 rings (SSSR count). The predicted octanol–water partition coefficient (Wildman–Crippen LogP) is 3.12. The Bertz CT molecular complexity index is 607. The molecule has 1 aliphatic heterocycles. The summed E-state index contributed by atoms with van der Waals surface area (Å²) in [7, 11) is 0. The summed E-state index contributed by atoms with van der Waals surface area (Å²) in [5.41, 5.74) is 3.12. The molecule has 1 aromatic rings. The van der Waals surface area contributed by atoms with Gasteiger partial charge in [0.25, 0.3) is 0 Å². The van der Waals surface area contributed by atoms with Gasteiger partial charge in [0.05, 0.1) is 5.92 Å². The zero-order valence-electron chi connectivity index (χ0n) is 12.7. The number of carbonyl (C=O) groups excluding carboxylic acids is 2. The van der Waals surface area contributed by atoms with E-state index >= 15 is 0 Å². The Kier molecular flexibility index (Phi) is 4.56. The largest absolute Gasteiger partial charge is 0.355 e. The average Bonchev–Trinajstić information content (AvgIpc) is 2.55. The molecule has 0 saturated carbocycles. The first-order valence-corrected chi connectivity index (χ1v) is 8.08. The van der Waals surface area contributed by atoms with E-state index in [1.165, 1.54) is 24.8 Å². The third-order valence-corrected chi connectivity index (χ3v) is 4.45. The summed E-state index contributed by atoms with van der Waals surface area (Å²) < 4.78 is 0. The van der Waals surface area contributed by atoms with E-state index in [1.807, 2.05) is 24.3 Å². The first-order chi connectivity index (χ1) is 10.7. The Morgan fingerprint density at radius 3 is 2.95 bits per heavy atom. The van der Waals surface area contributed by atoms with Crippen LogP contribution in [0.25, 0.3) is 0 Å². The number of allylic oxidation sites excluding steroid dienone is 1. The van der Waals surface area contributed by atoms with Crippen molar-refractivity contribution in [2.24, 2.45) is 0 Å². The fraction of sp³-hybridized carbons (Fsp3) is 0.444. The number of amides is 2. The molecule has 2 aliphatic rings. The summed E-state index contributed by atoms with van der Waals surface area (Å²) in [4.78, 5) is 24.2. The van der Waals surface area contributed by atoms with E-state index < -0.39 is 0 Å². The molecule has 0 saturated heterocycles. The monoisotopic (exact) mass is 298 g/mol. The Labute approximate surface area is 131 Å². The van der Waals surface area contributed by atoms with Crippen molar-refractivity contribution in [2.75, 3.05) is 11.9 Å². The zero-order chi connectivity index (χ0) is 15.4.